The molecule has 0 radical (unpaired) electrons. The van der Waals surface area contributed by atoms with Crippen LogP contribution in [-0.4, -0.2) is 64.5 Å². The lowest BCUT2D eigenvalue weighted by atomic mass is 9.99. The molecule has 3 fully saturated rings. The van der Waals surface area contributed by atoms with Gasteiger partial charge in [-0.05, 0) is 39.5 Å². The van der Waals surface area contributed by atoms with E-state index in [0.29, 0.717) is 18.5 Å². The van der Waals surface area contributed by atoms with E-state index < -0.39 is 17.8 Å². The fourth-order valence-electron chi connectivity index (χ4n) is 4.45. The van der Waals surface area contributed by atoms with Crippen LogP contribution in [0.4, 0.5) is 4.39 Å². The normalized spacial score (nSPS) is 31.4. The minimum absolute atomic E-state index is 0.0119. The van der Waals surface area contributed by atoms with Gasteiger partial charge < -0.3 is 15.1 Å². The zero-order valence-electron chi connectivity index (χ0n) is 15.0. The second kappa shape index (κ2) is 6.91. The maximum absolute atomic E-state index is 13.5. The molecule has 3 heterocycles. The van der Waals surface area contributed by atoms with Crippen LogP contribution in [0.25, 0.3) is 0 Å². The highest BCUT2D eigenvalue weighted by atomic mass is 19.1. The van der Waals surface area contributed by atoms with Crippen LogP contribution in [-0.2, 0) is 9.59 Å². The fraction of sp³-hybridized carbons (Fsp3) is 0.833. The van der Waals surface area contributed by atoms with Crippen molar-refractivity contribution in [3.63, 3.8) is 0 Å². The monoisotopic (exact) mass is 350 g/mol. The van der Waals surface area contributed by atoms with Gasteiger partial charge in [-0.1, -0.05) is 0 Å². The van der Waals surface area contributed by atoms with Crippen LogP contribution in [0, 0.1) is 11.3 Å². The molecule has 7 heteroatoms. The number of rotatable bonds is 5. The Hall–Kier alpha value is -1.68. The Bertz CT molecular complexity index is 568. The van der Waals surface area contributed by atoms with Gasteiger partial charge in [-0.3, -0.25) is 9.59 Å². The van der Waals surface area contributed by atoms with E-state index in [0.717, 1.165) is 25.7 Å². The van der Waals surface area contributed by atoms with Crippen molar-refractivity contribution in [2.75, 3.05) is 13.1 Å². The summed E-state index contributed by atoms with van der Waals surface area (Å²) in [6, 6.07) is 2.10. The molecule has 3 rings (SSSR count). The third-order valence-corrected chi connectivity index (χ3v) is 5.77. The van der Waals surface area contributed by atoms with E-state index in [-0.39, 0.29) is 31.3 Å². The van der Waals surface area contributed by atoms with Crippen molar-refractivity contribution in [1.82, 2.24) is 15.1 Å². The van der Waals surface area contributed by atoms with Gasteiger partial charge in [0.05, 0.1) is 19.2 Å². The molecule has 0 aromatic carbocycles. The molecule has 138 valence electrons. The molecular formula is C18H27FN4O2. The standard InChI is InChI=1S/C18H27FN4O2/c1-18(2,8-16(24)23-13-3-4-14(23)6-5-13)21-10-17(25)22-11-12(19)7-15(22)9-20/h12-15,21H,3-8,10-11H2,1-2H3/t12-,13?,14?,15-/m0/s1. The van der Waals surface area contributed by atoms with E-state index in [2.05, 4.69) is 5.32 Å². The van der Waals surface area contributed by atoms with Gasteiger partial charge in [-0.2, -0.15) is 5.26 Å². The average molecular weight is 350 g/mol. The Morgan fingerprint density at radius 2 is 1.80 bits per heavy atom. The number of fused-ring (bicyclic) bond motifs is 2. The van der Waals surface area contributed by atoms with E-state index in [1.54, 1.807) is 0 Å². The van der Waals surface area contributed by atoms with Crippen LogP contribution in [0.15, 0.2) is 0 Å². The predicted octanol–water partition coefficient (Wildman–Crippen LogP) is 1.36. The quantitative estimate of drug-likeness (QED) is 0.812. The van der Waals surface area contributed by atoms with Crippen LogP contribution in [0.5, 0.6) is 0 Å². The molecule has 3 saturated heterocycles. The van der Waals surface area contributed by atoms with E-state index >= 15 is 0 Å². The summed E-state index contributed by atoms with van der Waals surface area (Å²) >= 11 is 0. The first kappa shape index (κ1) is 18.1. The molecule has 2 atom stereocenters. The van der Waals surface area contributed by atoms with Crippen molar-refractivity contribution >= 4 is 11.8 Å². The molecule has 3 aliphatic heterocycles. The number of amides is 2. The number of carbonyl (C=O) groups excluding carboxylic acids is 2. The molecule has 2 amide bonds. The first-order valence-corrected chi connectivity index (χ1v) is 9.20. The highest BCUT2D eigenvalue weighted by Gasteiger charge is 2.43. The van der Waals surface area contributed by atoms with E-state index in [1.807, 2.05) is 24.8 Å². The van der Waals surface area contributed by atoms with Crippen molar-refractivity contribution in [1.29, 1.82) is 5.26 Å². The Morgan fingerprint density at radius 3 is 2.36 bits per heavy atom. The third kappa shape index (κ3) is 3.79. The fourth-order valence-corrected chi connectivity index (χ4v) is 4.45. The number of likely N-dealkylation sites (tertiary alicyclic amines) is 1. The Balaban J connectivity index is 1.51. The summed E-state index contributed by atoms with van der Waals surface area (Å²) in [6.45, 7) is 3.80. The van der Waals surface area contributed by atoms with Gasteiger partial charge in [-0.25, -0.2) is 4.39 Å². The van der Waals surface area contributed by atoms with Crippen molar-refractivity contribution in [2.45, 2.75) is 82.2 Å². The van der Waals surface area contributed by atoms with Gasteiger partial charge in [-0.15, -0.1) is 0 Å². The lowest BCUT2D eigenvalue weighted by Crippen LogP contribution is -2.50. The summed E-state index contributed by atoms with van der Waals surface area (Å²) in [5.41, 5.74) is -0.522. The summed E-state index contributed by atoms with van der Waals surface area (Å²) in [4.78, 5) is 28.3. The topological polar surface area (TPSA) is 76.4 Å². The van der Waals surface area contributed by atoms with Crippen LogP contribution in [0.3, 0.4) is 0 Å². The van der Waals surface area contributed by atoms with Gasteiger partial charge in [0.2, 0.25) is 11.8 Å². The minimum Gasteiger partial charge on any atom is -0.337 e. The summed E-state index contributed by atoms with van der Waals surface area (Å²) in [6.07, 6.45) is 3.72. The lowest BCUT2D eigenvalue weighted by Gasteiger charge is -2.31. The Kier molecular flexibility index (Phi) is 5.01. The van der Waals surface area contributed by atoms with Crippen molar-refractivity contribution < 1.29 is 14.0 Å². The van der Waals surface area contributed by atoms with E-state index in [1.165, 1.54) is 4.90 Å². The van der Waals surface area contributed by atoms with Crippen LogP contribution in [0.2, 0.25) is 0 Å². The first-order chi connectivity index (χ1) is 11.8. The molecule has 0 saturated carbocycles. The zero-order chi connectivity index (χ0) is 18.2. The number of hydrogen-bond donors (Lipinski definition) is 1. The number of nitrogens with zero attached hydrogens (tertiary/aromatic N) is 3. The van der Waals surface area contributed by atoms with Gasteiger partial charge >= 0.3 is 0 Å². The summed E-state index contributed by atoms with van der Waals surface area (Å²) in [5, 5.41) is 12.2. The largest absolute Gasteiger partial charge is 0.337 e. The van der Waals surface area contributed by atoms with Crippen LogP contribution in [0.1, 0.15) is 52.4 Å². The third-order valence-electron chi connectivity index (χ3n) is 5.77. The molecule has 2 bridgehead atoms. The zero-order valence-corrected chi connectivity index (χ0v) is 15.0. The maximum Gasteiger partial charge on any atom is 0.237 e. The smallest absolute Gasteiger partial charge is 0.237 e. The molecule has 3 aliphatic rings. The molecule has 0 aliphatic carbocycles. The molecule has 6 nitrogen and oxygen atoms in total. The molecule has 25 heavy (non-hydrogen) atoms. The molecule has 0 unspecified atom stereocenters. The minimum atomic E-state index is -1.13. The number of alkyl halides is 1. The van der Waals surface area contributed by atoms with Crippen molar-refractivity contribution in [3.05, 3.63) is 0 Å². The summed E-state index contributed by atoms with van der Waals surface area (Å²) in [7, 11) is 0. The lowest BCUT2D eigenvalue weighted by molar-refractivity contribution is -0.135. The van der Waals surface area contributed by atoms with Gasteiger partial charge in [0, 0.05) is 30.5 Å². The SMILES string of the molecule is CC(C)(CC(=O)N1C2CCC1CC2)NCC(=O)N1C[C@@H](F)C[C@H]1C#N. The molecular weight excluding hydrogens is 323 g/mol. The number of hydrogen-bond acceptors (Lipinski definition) is 4. The number of carbonyl (C=O) groups is 2. The van der Waals surface area contributed by atoms with Crippen molar-refractivity contribution in [3.8, 4) is 6.07 Å². The van der Waals surface area contributed by atoms with Crippen molar-refractivity contribution in [2.24, 2.45) is 0 Å². The molecule has 0 aromatic rings. The first-order valence-electron chi connectivity index (χ1n) is 9.20. The van der Waals surface area contributed by atoms with E-state index in [4.69, 9.17) is 5.26 Å². The number of nitrogens with one attached hydrogen (secondary N) is 1. The number of nitriles is 1. The Labute approximate surface area is 148 Å². The summed E-state index contributed by atoms with van der Waals surface area (Å²) in [5.74, 6) is -0.136. The maximum atomic E-state index is 13.5. The highest BCUT2D eigenvalue weighted by molar-refractivity contribution is 5.80. The predicted molar refractivity (Wildman–Crippen MR) is 90.2 cm³/mol. The summed E-state index contributed by atoms with van der Waals surface area (Å²) < 4.78 is 13.5. The Morgan fingerprint density at radius 1 is 1.20 bits per heavy atom. The average Bonchev–Trinajstić information content (AvgIpc) is 3.25. The van der Waals surface area contributed by atoms with Gasteiger partial charge in [0.15, 0.2) is 0 Å². The molecule has 0 aromatic heterocycles. The number of halogens is 1. The van der Waals surface area contributed by atoms with E-state index in [9.17, 15) is 14.0 Å². The highest BCUT2D eigenvalue weighted by Crippen LogP contribution is 2.38. The van der Waals surface area contributed by atoms with Crippen LogP contribution < -0.4 is 5.32 Å². The van der Waals surface area contributed by atoms with Gasteiger partial charge in [0.1, 0.15) is 12.2 Å². The second-order valence-electron chi connectivity index (χ2n) is 8.20. The molecule has 1 N–H and O–H groups in total. The van der Waals surface area contributed by atoms with Crippen LogP contribution >= 0.6 is 0 Å². The molecule has 0 spiro atoms. The second-order valence-corrected chi connectivity index (χ2v) is 8.20. The van der Waals surface area contributed by atoms with Gasteiger partial charge in [0.25, 0.3) is 0 Å².